The molecule has 0 saturated carbocycles. The lowest BCUT2D eigenvalue weighted by Gasteiger charge is -2.12. The summed E-state index contributed by atoms with van der Waals surface area (Å²) in [5.74, 6) is 0.882. The summed E-state index contributed by atoms with van der Waals surface area (Å²) in [4.78, 5) is 4.14. The maximum Gasteiger partial charge on any atom is 0.135 e. The highest BCUT2D eigenvalue weighted by Crippen LogP contribution is 2.22. The fourth-order valence-corrected chi connectivity index (χ4v) is 1.16. The quantitative estimate of drug-likeness (QED) is 0.578. The Morgan fingerprint density at radius 3 is 3.27 bits per heavy atom. The van der Waals surface area contributed by atoms with Gasteiger partial charge in [-0.2, -0.15) is 0 Å². The number of anilines is 2. The lowest BCUT2D eigenvalue weighted by molar-refractivity contribution is 1.16. The van der Waals surface area contributed by atoms with Gasteiger partial charge in [-0.3, -0.25) is 0 Å². The van der Waals surface area contributed by atoms with Crippen LogP contribution in [0.25, 0.3) is 0 Å². The van der Waals surface area contributed by atoms with Gasteiger partial charge in [-0.05, 0) is 18.7 Å². The monoisotopic (exact) mass is 147 g/mol. The number of nitrogens with two attached hydrogens (primary N) is 1. The molecule has 0 saturated heterocycles. The van der Waals surface area contributed by atoms with Gasteiger partial charge >= 0.3 is 0 Å². The third kappa shape index (κ3) is 0.941. The van der Waals surface area contributed by atoms with Gasteiger partial charge in [-0.25, -0.2) is 4.98 Å². The third-order valence-corrected chi connectivity index (χ3v) is 1.75. The molecule has 0 aromatic carbocycles. The van der Waals surface area contributed by atoms with Crippen LogP contribution in [0.15, 0.2) is 24.5 Å². The molecular formula is C8H9N3. The molecule has 2 heterocycles. The highest BCUT2D eigenvalue weighted by atomic mass is 15.0. The first-order valence-electron chi connectivity index (χ1n) is 3.53. The van der Waals surface area contributed by atoms with Gasteiger partial charge in [0.05, 0.1) is 0 Å². The number of nitrogens with zero attached hydrogens (tertiary/aromatic N) is 1. The van der Waals surface area contributed by atoms with E-state index in [4.69, 9.17) is 5.73 Å². The lowest BCUT2D eigenvalue weighted by atomic mass is 10.1. The topological polar surface area (TPSA) is 50.9 Å². The second-order valence-corrected chi connectivity index (χ2v) is 2.48. The van der Waals surface area contributed by atoms with Crippen LogP contribution in [0.4, 0.5) is 11.5 Å². The molecule has 0 spiro atoms. The molecule has 3 nitrogen and oxygen atoms in total. The van der Waals surface area contributed by atoms with E-state index in [-0.39, 0.29) is 0 Å². The molecule has 1 aromatic heterocycles. The molecule has 2 rings (SSSR count). The first-order valence-corrected chi connectivity index (χ1v) is 3.53. The van der Waals surface area contributed by atoms with Gasteiger partial charge in [0, 0.05) is 17.4 Å². The Bertz CT molecular complexity index is 304. The normalized spacial score (nSPS) is 13.8. The average molecular weight is 147 g/mol. The summed E-state index contributed by atoms with van der Waals surface area (Å²) in [5, 5.41) is 3.03. The van der Waals surface area contributed by atoms with Crippen molar-refractivity contribution in [3.8, 4) is 0 Å². The van der Waals surface area contributed by atoms with Crippen molar-refractivity contribution in [2.75, 3.05) is 11.1 Å². The molecule has 0 fully saturated rings. The smallest absolute Gasteiger partial charge is 0.135 e. The number of nitrogen functional groups attached to an aromatic ring is 1. The Kier molecular flexibility index (Phi) is 1.28. The van der Waals surface area contributed by atoms with Gasteiger partial charge in [0.1, 0.15) is 5.82 Å². The number of rotatable bonds is 0. The fraction of sp³-hybridized carbons (Fsp3) is 0.125. The molecule has 3 N–H and O–H groups in total. The Morgan fingerprint density at radius 2 is 2.45 bits per heavy atom. The van der Waals surface area contributed by atoms with Crippen LogP contribution in [0.5, 0.6) is 0 Å². The van der Waals surface area contributed by atoms with E-state index in [9.17, 15) is 0 Å². The van der Waals surface area contributed by atoms with Crippen LogP contribution in [0.1, 0.15) is 5.56 Å². The average Bonchev–Trinajstić information content (AvgIpc) is 2.06. The van der Waals surface area contributed by atoms with E-state index >= 15 is 0 Å². The molecule has 56 valence electrons. The molecule has 1 aromatic rings. The molecule has 0 unspecified atom stereocenters. The van der Waals surface area contributed by atoms with Crippen molar-refractivity contribution in [3.63, 3.8) is 0 Å². The second kappa shape index (κ2) is 2.27. The standard InChI is InChI=1S/C8H9N3/c9-7-3-5-11-8-6(7)2-1-4-10-8/h1,3-5H,2H2,(H3,9,10,11). The van der Waals surface area contributed by atoms with Crippen LogP contribution in [0, 0.1) is 0 Å². The van der Waals surface area contributed by atoms with Gasteiger partial charge in [-0.1, -0.05) is 6.08 Å². The zero-order chi connectivity index (χ0) is 7.68. The van der Waals surface area contributed by atoms with Crippen molar-refractivity contribution < 1.29 is 0 Å². The molecule has 11 heavy (non-hydrogen) atoms. The van der Waals surface area contributed by atoms with Crippen molar-refractivity contribution in [1.82, 2.24) is 4.98 Å². The molecule has 1 aliphatic rings. The summed E-state index contributed by atoms with van der Waals surface area (Å²) < 4.78 is 0. The van der Waals surface area contributed by atoms with Crippen LogP contribution in [0.3, 0.4) is 0 Å². The maximum absolute atomic E-state index is 5.73. The summed E-state index contributed by atoms with van der Waals surface area (Å²) >= 11 is 0. The highest BCUT2D eigenvalue weighted by molar-refractivity contribution is 5.62. The number of nitrogens with one attached hydrogen (secondary N) is 1. The number of fused-ring (bicyclic) bond motifs is 1. The van der Waals surface area contributed by atoms with Crippen molar-refractivity contribution in [2.45, 2.75) is 6.42 Å². The Morgan fingerprint density at radius 1 is 1.55 bits per heavy atom. The van der Waals surface area contributed by atoms with E-state index in [1.165, 1.54) is 0 Å². The fourth-order valence-electron chi connectivity index (χ4n) is 1.16. The molecule has 0 bridgehead atoms. The molecule has 1 aliphatic heterocycles. The van der Waals surface area contributed by atoms with Gasteiger partial charge in [-0.15, -0.1) is 0 Å². The van der Waals surface area contributed by atoms with E-state index in [0.29, 0.717) is 0 Å². The first-order chi connectivity index (χ1) is 5.38. The van der Waals surface area contributed by atoms with Crippen molar-refractivity contribution >= 4 is 11.5 Å². The van der Waals surface area contributed by atoms with Crippen molar-refractivity contribution in [2.24, 2.45) is 0 Å². The minimum absolute atomic E-state index is 0.812. The summed E-state index contributed by atoms with van der Waals surface area (Å²) in [5.41, 5.74) is 7.63. The van der Waals surface area contributed by atoms with E-state index in [0.717, 1.165) is 23.5 Å². The van der Waals surface area contributed by atoms with E-state index in [1.807, 2.05) is 18.3 Å². The van der Waals surface area contributed by atoms with Crippen LogP contribution in [0.2, 0.25) is 0 Å². The van der Waals surface area contributed by atoms with Gasteiger partial charge in [0.25, 0.3) is 0 Å². The summed E-state index contributed by atoms with van der Waals surface area (Å²) in [6, 6.07) is 1.82. The summed E-state index contributed by atoms with van der Waals surface area (Å²) in [6.07, 6.45) is 6.50. The van der Waals surface area contributed by atoms with Crippen molar-refractivity contribution in [1.29, 1.82) is 0 Å². The van der Waals surface area contributed by atoms with E-state index < -0.39 is 0 Å². The van der Waals surface area contributed by atoms with Crippen LogP contribution >= 0.6 is 0 Å². The van der Waals surface area contributed by atoms with E-state index in [1.54, 1.807) is 6.20 Å². The third-order valence-electron chi connectivity index (χ3n) is 1.75. The molecule has 0 amide bonds. The lowest BCUT2D eigenvalue weighted by Crippen LogP contribution is -2.05. The van der Waals surface area contributed by atoms with Gasteiger partial charge in [0.15, 0.2) is 0 Å². The molecule has 3 heteroatoms. The predicted octanol–water partition coefficient (Wildman–Crippen LogP) is 1.15. The number of allylic oxidation sites excluding steroid dienone is 1. The largest absolute Gasteiger partial charge is 0.398 e. The Hall–Kier alpha value is -1.51. The zero-order valence-electron chi connectivity index (χ0n) is 6.04. The minimum Gasteiger partial charge on any atom is -0.398 e. The molecule has 0 radical (unpaired) electrons. The van der Waals surface area contributed by atoms with Crippen molar-refractivity contribution in [3.05, 3.63) is 30.1 Å². The number of hydrogen-bond donors (Lipinski definition) is 2. The number of pyridine rings is 1. The van der Waals surface area contributed by atoms with E-state index in [2.05, 4.69) is 10.3 Å². The summed E-state index contributed by atoms with van der Waals surface area (Å²) in [6.45, 7) is 0. The zero-order valence-corrected chi connectivity index (χ0v) is 6.04. The highest BCUT2D eigenvalue weighted by Gasteiger charge is 2.07. The number of hydrogen-bond acceptors (Lipinski definition) is 3. The van der Waals surface area contributed by atoms with Gasteiger partial charge in [0.2, 0.25) is 0 Å². The van der Waals surface area contributed by atoms with Crippen LogP contribution in [-0.2, 0) is 6.42 Å². The maximum atomic E-state index is 5.73. The molecule has 0 aliphatic carbocycles. The molecular weight excluding hydrogens is 138 g/mol. The second-order valence-electron chi connectivity index (χ2n) is 2.48. The molecule has 0 atom stereocenters. The minimum atomic E-state index is 0.812. The SMILES string of the molecule is Nc1ccnc2c1CC=CN2. The van der Waals surface area contributed by atoms with Crippen LogP contribution in [-0.4, -0.2) is 4.98 Å². The Balaban J connectivity index is 2.54. The first kappa shape index (κ1) is 6.22. The number of aromatic nitrogens is 1. The van der Waals surface area contributed by atoms with Crippen LogP contribution < -0.4 is 11.1 Å². The van der Waals surface area contributed by atoms with Gasteiger partial charge < -0.3 is 11.1 Å². The summed E-state index contributed by atoms with van der Waals surface area (Å²) in [7, 11) is 0. The Labute approximate surface area is 64.9 Å². The predicted molar refractivity (Wildman–Crippen MR) is 45.1 cm³/mol.